The lowest BCUT2D eigenvalue weighted by molar-refractivity contribution is 0.387. The fourth-order valence-electron chi connectivity index (χ4n) is 0.922. The summed E-state index contributed by atoms with van der Waals surface area (Å²) >= 11 is 0. The Morgan fingerprint density at radius 2 is 2.23 bits per heavy atom. The van der Waals surface area contributed by atoms with E-state index in [9.17, 15) is 4.39 Å². The molecule has 13 heavy (non-hydrogen) atoms. The number of benzene rings is 1. The predicted molar refractivity (Wildman–Crippen MR) is 49.9 cm³/mol. The van der Waals surface area contributed by atoms with Crippen LogP contribution in [-0.2, 0) is 0 Å². The van der Waals surface area contributed by atoms with Gasteiger partial charge in [-0.25, -0.2) is 9.38 Å². The number of amidine groups is 1. The quantitative estimate of drug-likeness (QED) is 0.560. The number of nitrogens with zero attached hydrogens (tertiary/aromatic N) is 1. The number of hydrogen-bond acceptors (Lipinski definition) is 2. The van der Waals surface area contributed by atoms with Gasteiger partial charge in [0.1, 0.15) is 0 Å². The van der Waals surface area contributed by atoms with Crippen molar-refractivity contribution in [3.05, 3.63) is 24.0 Å². The number of methoxy groups -OCH3 is 1. The number of rotatable bonds is 2. The largest absolute Gasteiger partial charge is 0.494 e. The number of halogens is 1. The third-order valence-electron chi connectivity index (χ3n) is 1.44. The maximum Gasteiger partial charge on any atom is 0.165 e. The van der Waals surface area contributed by atoms with Crippen LogP contribution in [0.3, 0.4) is 0 Å². The van der Waals surface area contributed by atoms with Crippen molar-refractivity contribution in [1.82, 2.24) is 0 Å². The van der Waals surface area contributed by atoms with Crippen LogP contribution in [0.15, 0.2) is 23.2 Å². The Balaban J connectivity index is 3.06. The standard InChI is InChI=1S/C9H11FN2O/c1-6(11)12-7-3-4-8(10)9(5-7)13-2/h3-5H,1-2H3,(H2,11,12). The zero-order valence-corrected chi connectivity index (χ0v) is 7.54. The molecular weight excluding hydrogens is 171 g/mol. The molecule has 3 nitrogen and oxygen atoms in total. The van der Waals surface area contributed by atoms with Crippen LogP contribution in [0.25, 0.3) is 0 Å². The minimum atomic E-state index is -0.406. The minimum absolute atomic E-state index is 0.169. The second-order valence-electron chi connectivity index (χ2n) is 2.57. The van der Waals surface area contributed by atoms with E-state index in [4.69, 9.17) is 10.5 Å². The summed E-state index contributed by atoms with van der Waals surface area (Å²) in [5.74, 6) is 0.187. The summed E-state index contributed by atoms with van der Waals surface area (Å²) in [6, 6.07) is 4.32. The lowest BCUT2D eigenvalue weighted by Gasteiger charge is -2.02. The Morgan fingerprint density at radius 3 is 2.77 bits per heavy atom. The highest BCUT2D eigenvalue weighted by atomic mass is 19.1. The highest BCUT2D eigenvalue weighted by Crippen LogP contribution is 2.23. The Morgan fingerprint density at radius 1 is 1.54 bits per heavy atom. The average Bonchev–Trinajstić information content (AvgIpc) is 2.07. The van der Waals surface area contributed by atoms with Crippen LogP contribution in [0.1, 0.15) is 6.92 Å². The molecule has 70 valence electrons. The first kappa shape index (κ1) is 9.51. The Kier molecular flexibility index (Phi) is 2.84. The van der Waals surface area contributed by atoms with Gasteiger partial charge in [0.2, 0.25) is 0 Å². The molecule has 0 fully saturated rings. The molecule has 0 aliphatic heterocycles. The lowest BCUT2D eigenvalue weighted by atomic mass is 10.3. The van der Waals surface area contributed by atoms with E-state index < -0.39 is 5.82 Å². The van der Waals surface area contributed by atoms with Crippen LogP contribution in [0, 0.1) is 5.82 Å². The first-order valence-electron chi connectivity index (χ1n) is 3.78. The molecule has 1 aromatic carbocycles. The van der Waals surface area contributed by atoms with Crippen LogP contribution in [0.4, 0.5) is 10.1 Å². The van der Waals surface area contributed by atoms with Crippen molar-refractivity contribution in [2.45, 2.75) is 6.92 Å². The molecule has 0 aliphatic rings. The van der Waals surface area contributed by atoms with Gasteiger partial charge in [-0.1, -0.05) is 0 Å². The highest BCUT2D eigenvalue weighted by Gasteiger charge is 2.01. The molecule has 0 atom stereocenters. The summed E-state index contributed by atoms with van der Waals surface area (Å²) in [5, 5.41) is 0. The number of aliphatic imine (C=N–C) groups is 1. The molecule has 0 saturated carbocycles. The van der Waals surface area contributed by atoms with Gasteiger partial charge in [0.25, 0.3) is 0 Å². The summed E-state index contributed by atoms with van der Waals surface area (Å²) in [6.45, 7) is 1.66. The van der Waals surface area contributed by atoms with Gasteiger partial charge >= 0.3 is 0 Å². The zero-order chi connectivity index (χ0) is 9.84. The molecule has 0 heterocycles. The van der Waals surface area contributed by atoms with Crippen molar-refractivity contribution in [2.75, 3.05) is 7.11 Å². The first-order valence-corrected chi connectivity index (χ1v) is 3.78. The highest BCUT2D eigenvalue weighted by molar-refractivity contribution is 5.80. The van der Waals surface area contributed by atoms with E-state index in [1.807, 2.05) is 0 Å². The van der Waals surface area contributed by atoms with Gasteiger partial charge in [-0.2, -0.15) is 0 Å². The molecule has 0 aliphatic carbocycles. The molecule has 1 rings (SSSR count). The van der Waals surface area contributed by atoms with E-state index in [-0.39, 0.29) is 5.75 Å². The van der Waals surface area contributed by atoms with Crippen LogP contribution in [0.2, 0.25) is 0 Å². The van der Waals surface area contributed by atoms with Gasteiger partial charge in [0, 0.05) is 6.07 Å². The zero-order valence-electron chi connectivity index (χ0n) is 7.54. The molecule has 0 aromatic heterocycles. The monoisotopic (exact) mass is 182 g/mol. The molecular formula is C9H11FN2O. The van der Waals surface area contributed by atoms with Gasteiger partial charge in [-0.3, -0.25) is 0 Å². The average molecular weight is 182 g/mol. The van der Waals surface area contributed by atoms with E-state index in [1.54, 1.807) is 6.92 Å². The SMILES string of the molecule is COc1cc(N=C(C)N)ccc1F. The maximum atomic E-state index is 12.9. The smallest absolute Gasteiger partial charge is 0.165 e. The fraction of sp³-hybridized carbons (Fsp3) is 0.222. The molecule has 0 radical (unpaired) electrons. The van der Waals surface area contributed by atoms with Gasteiger partial charge in [0.05, 0.1) is 18.6 Å². The van der Waals surface area contributed by atoms with Gasteiger partial charge in [0.15, 0.2) is 11.6 Å². The van der Waals surface area contributed by atoms with Gasteiger partial charge < -0.3 is 10.5 Å². The van der Waals surface area contributed by atoms with Gasteiger partial charge in [-0.05, 0) is 19.1 Å². The third-order valence-corrected chi connectivity index (χ3v) is 1.44. The number of hydrogen-bond donors (Lipinski definition) is 1. The van der Waals surface area contributed by atoms with Crippen LogP contribution in [0.5, 0.6) is 5.75 Å². The van der Waals surface area contributed by atoms with E-state index in [0.717, 1.165) is 0 Å². The van der Waals surface area contributed by atoms with E-state index in [0.29, 0.717) is 11.5 Å². The van der Waals surface area contributed by atoms with E-state index in [2.05, 4.69) is 4.99 Å². The molecule has 0 unspecified atom stereocenters. The van der Waals surface area contributed by atoms with Crippen LogP contribution in [-0.4, -0.2) is 12.9 Å². The summed E-state index contributed by atoms with van der Waals surface area (Å²) in [7, 11) is 1.40. The second-order valence-corrected chi connectivity index (χ2v) is 2.57. The normalized spacial score (nSPS) is 11.5. The summed E-state index contributed by atoms with van der Waals surface area (Å²) in [6.07, 6.45) is 0. The third kappa shape index (κ3) is 2.43. The lowest BCUT2D eigenvalue weighted by Crippen LogP contribution is -2.03. The second kappa shape index (κ2) is 3.89. The van der Waals surface area contributed by atoms with Crippen molar-refractivity contribution in [1.29, 1.82) is 0 Å². The maximum absolute atomic E-state index is 12.9. The molecule has 0 saturated heterocycles. The molecule has 1 aromatic rings. The van der Waals surface area contributed by atoms with Crippen molar-refractivity contribution >= 4 is 11.5 Å². The Bertz CT molecular complexity index is 332. The van der Waals surface area contributed by atoms with Crippen molar-refractivity contribution in [3.63, 3.8) is 0 Å². The molecule has 4 heteroatoms. The van der Waals surface area contributed by atoms with Gasteiger partial charge in [-0.15, -0.1) is 0 Å². The first-order chi connectivity index (χ1) is 6.13. The predicted octanol–water partition coefficient (Wildman–Crippen LogP) is 1.84. The fourth-order valence-corrected chi connectivity index (χ4v) is 0.922. The Hall–Kier alpha value is -1.58. The molecule has 0 amide bonds. The molecule has 2 N–H and O–H groups in total. The Labute approximate surface area is 76.0 Å². The summed E-state index contributed by atoms with van der Waals surface area (Å²) in [5.41, 5.74) is 5.95. The van der Waals surface area contributed by atoms with Crippen molar-refractivity contribution < 1.29 is 9.13 Å². The minimum Gasteiger partial charge on any atom is -0.494 e. The number of nitrogens with two attached hydrogens (primary N) is 1. The molecule has 0 spiro atoms. The summed E-state index contributed by atoms with van der Waals surface area (Å²) < 4.78 is 17.7. The topological polar surface area (TPSA) is 47.6 Å². The molecule has 0 bridgehead atoms. The number of ether oxygens (including phenoxy) is 1. The van der Waals surface area contributed by atoms with Crippen LogP contribution >= 0.6 is 0 Å². The van der Waals surface area contributed by atoms with Crippen molar-refractivity contribution in [2.24, 2.45) is 10.7 Å². The van der Waals surface area contributed by atoms with E-state index >= 15 is 0 Å². The van der Waals surface area contributed by atoms with Crippen LogP contribution < -0.4 is 10.5 Å². The summed E-state index contributed by atoms with van der Waals surface area (Å²) in [4.78, 5) is 3.96. The van der Waals surface area contributed by atoms with Crippen molar-refractivity contribution in [3.8, 4) is 5.75 Å². The van der Waals surface area contributed by atoms with E-state index in [1.165, 1.54) is 25.3 Å².